The van der Waals surface area contributed by atoms with Crippen molar-refractivity contribution >= 4 is 10.0 Å². The van der Waals surface area contributed by atoms with Crippen LogP contribution in [-0.4, -0.2) is 33.9 Å². The van der Waals surface area contributed by atoms with Crippen LogP contribution in [0, 0.1) is 11.8 Å². The van der Waals surface area contributed by atoms with E-state index in [4.69, 9.17) is 4.74 Å². The second-order valence-corrected chi connectivity index (χ2v) is 5.75. The van der Waals surface area contributed by atoms with E-state index in [2.05, 4.69) is 4.72 Å². The number of hydrogen-bond donors (Lipinski definition) is 1. The van der Waals surface area contributed by atoms with Crippen molar-refractivity contribution in [3.63, 3.8) is 0 Å². The zero-order valence-electron chi connectivity index (χ0n) is 8.28. The lowest BCUT2D eigenvalue weighted by Crippen LogP contribution is -2.46. The van der Waals surface area contributed by atoms with Gasteiger partial charge in [0.15, 0.2) is 0 Å². The fourth-order valence-electron chi connectivity index (χ4n) is 1.94. The molecule has 0 aromatic rings. The van der Waals surface area contributed by atoms with E-state index in [-0.39, 0.29) is 17.1 Å². The van der Waals surface area contributed by atoms with Crippen LogP contribution in [0.15, 0.2) is 0 Å². The van der Waals surface area contributed by atoms with Crippen LogP contribution in [0.3, 0.4) is 0 Å². The molecule has 0 aromatic carbocycles. The van der Waals surface area contributed by atoms with Crippen LogP contribution in [-0.2, 0) is 14.8 Å². The van der Waals surface area contributed by atoms with Crippen molar-refractivity contribution in [2.45, 2.75) is 19.1 Å². The van der Waals surface area contributed by atoms with Crippen molar-refractivity contribution in [3.8, 4) is 0 Å². The Balaban J connectivity index is 2.86. The molecule has 0 bridgehead atoms. The molecule has 4 nitrogen and oxygen atoms in total. The van der Waals surface area contributed by atoms with Gasteiger partial charge in [-0.3, -0.25) is 0 Å². The van der Waals surface area contributed by atoms with Crippen molar-refractivity contribution < 1.29 is 13.2 Å². The third kappa shape index (κ3) is 2.21. The van der Waals surface area contributed by atoms with Crippen molar-refractivity contribution in [3.05, 3.63) is 0 Å². The molecule has 1 fully saturated rings. The lowest BCUT2D eigenvalue weighted by atomic mass is 9.95. The van der Waals surface area contributed by atoms with E-state index < -0.39 is 10.0 Å². The maximum absolute atomic E-state index is 11.6. The van der Waals surface area contributed by atoms with Gasteiger partial charge in [-0.2, -0.15) is 0 Å². The van der Waals surface area contributed by atoms with Crippen molar-refractivity contribution in [1.82, 2.24) is 4.72 Å². The summed E-state index contributed by atoms with van der Waals surface area (Å²) >= 11 is 0. The van der Waals surface area contributed by atoms with Gasteiger partial charge in [-0.15, -0.1) is 0 Å². The van der Waals surface area contributed by atoms with E-state index in [1.165, 1.54) is 7.05 Å². The van der Waals surface area contributed by atoms with Crippen LogP contribution in [0.4, 0.5) is 0 Å². The topological polar surface area (TPSA) is 55.4 Å². The highest BCUT2D eigenvalue weighted by molar-refractivity contribution is 7.90. The van der Waals surface area contributed by atoms with Gasteiger partial charge in [0.25, 0.3) is 0 Å². The summed E-state index contributed by atoms with van der Waals surface area (Å²) < 4.78 is 30.9. The van der Waals surface area contributed by atoms with Gasteiger partial charge >= 0.3 is 0 Å². The molecule has 1 saturated heterocycles. The van der Waals surface area contributed by atoms with Gasteiger partial charge in [-0.25, -0.2) is 13.1 Å². The van der Waals surface area contributed by atoms with Crippen molar-refractivity contribution in [1.29, 1.82) is 0 Å². The van der Waals surface area contributed by atoms with Gasteiger partial charge in [-0.05, 0) is 18.9 Å². The number of rotatable bonds is 2. The normalized spacial score (nSPS) is 31.9. The van der Waals surface area contributed by atoms with E-state index in [1.54, 1.807) is 0 Å². The second kappa shape index (κ2) is 3.94. The molecule has 1 aliphatic rings. The zero-order valence-corrected chi connectivity index (χ0v) is 9.10. The molecule has 1 rings (SSSR count). The Kier molecular flexibility index (Phi) is 3.32. The summed E-state index contributed by atoms with van der Waals surface area (Å²) in [5.41, 5.74) is 0. The smallest absolute Gasteiger partial charge is 0.214 e. The third-order valence-electron chi connectivity index (χ3n) is 2.53. The van der Waals surface area contributed by atoms with Gasteiger partial charge in [-0.1, -0.05) is 13.8 Å². The summed E-state index contributed by atoms with van der Waals surface area (Å²) in [6.07, 6.45) is 0. The average molecular weight is 207 g/mol. The van der Waals surface area contributed by atoms with Gasteiger partial charge in [0.1, 0.15) is 0 Å². The van der Waals surface area contributed by atoms with Crippen LogP contribution in [0.1, 0.15) is 13.8 Å². The summed E-state index contributed by atoms with van der Waals surface area (Å²) in [5.74, 6) is 0.141. The number of hydrogen-bond acceptors (Lipinski definition) is 3. The van der Waals surface area contributed by atoms with Crippen LogP contribution in [0.5, 0.6) is 0 Å². The molecule has 1 aliphatic heterocycles. The molecule has 2 atom stereocenters. The van der Waals surface area contributed by atoms with Gasteiger partial charge in [0.2, 0.25) is 10.0 Å². The lowest BCUT2D eigenvalue weighted by Gasteiger charge is -2.33. The monoisotopic (exact) mass is 207 g/mol. The lowest BCUT2D eigenvalue weighted by molar-refractivity contribution is 0.0300. The maximum Gasteiger partial charge on any atom is 0.214 e. The molecule has 1 N–H and O–H groups in total. The van der Waals surface area contributed by atoms with E-state index in [0.29, 0.717) is 13.2 Å². The molecule has 0 spiro atoms. The molecule has 78 valence electrons. The number of sulfonamides is 1. The molecule has 0 saturated carbocycles. The average Bonchev–Trinajstić information content (AvgIpc) is 2.03. The van der Waals surface area contributed by atoms with Crippen molar-refractivity contribution in [2.75, 3.05) is 20.3 Å². The highest BCUT2D eigenvalue weighted by Gasteiger charge is 2.37. The first-order chi connectivity index (χ1) is 5.99. The first-order valence-electron chi connectivity index (χ1n) is 4.49. The maximum atomic E-state index is 11.6. The summed E-state index contributed by atoms with van der Waals surface area (Å²) in [6.45, 7) is 4.90. The van der Waals surface area contributed by atoms with E-state index in [9.17, 15) is 8.42 Å². The van der Waals surface area contributed by atoms with Gasteiger partial charge < -0.3 is 4.74 Å². The Labute approximate surface area is 79.7 Å². The fourth-order valence-corrected chi connectivity index (χ4v) is 3.59. The summed E-state index contributed by atoms with van der Waals surface area (Å²) in [4.78, 5) is 0. The summed E-state index contributed by atoms with van der Waals surface area (Å²) in [6, 6.07) is 0. The summed E-state index contributed by atoms with van der Waals surface area (Å²) in [7, 11) is -1.69. The number of ether oxygens (including phenoxy) is 1. The minimum Gasteiger partial charge on any atom is -0.381 e. The summed E-state index contributed by atoms with van der Waals surface area (Å²) in [5, 5.41) is -0.314. The molecular formula is C8H17NO3S. The van der Waals surface area contributed by atoms with E-state index >= 15 is 0 Å². The van der Waals surface area contributed by atoms with E-state index in [0.717, 1.165) is 0 Å². The Morgan fingerprint density at radius 3 is 2.08 bits per heavy atom. The zero-order chi connectivity index (χ0) is 10.1. The minimum atomic E-state index is -3.15. The predicted molar refractivity (Wildman–Crippen MR) is 50.9 cm³/mol. The Morgan fingerprint density at radius 2 is 1.69 bits per heavy atom. The van der Waals surface area contributed by atoms with Crippen LogP contribution in [0.25, 0.3) is 0 Å². The quantitative estimate of drug-likeness (QED) is 0.704. The van der Waals surface area contributed by atoms with Crippen LogP contribution >= 0.6 is 0 Å². The molecule has 0 amide bonds. The van der Waals surface area contributed by atoms with Crippen LogP contribution < -0.4 is 4.72 Å². The molecule has 0 unspecified atom stereocenters. The van der Waals surface area contributed by atoms with Gasteiger partial charge in [0, 0.05) is 0 Å². The first kappa shape index (κ1) is 10.9. The third-order valence-corrected chi connectivity index (χ3v) is 4.74. The molecule has 0 aromatic heterocycles. The van der Waals surface area contributed by atoms with Gasteiger partial charge in [0.05, 0.1) is 18.5 Å². The van der Waals surface area contributed by atoms with Crippen LogP contribution in [0.2, 0.25) is 0 Å². The Bertz CT molecular complexity index is 253. The standard InChI is InChI=1S/C8H17NO3S/c1-6-4-12-5-7(2)8(6)13(10,11)9-3/h6-9H,4-5H2,1-3H3/t6-,7-/m1/s1. The largest absolute Gasteiger partial charge is 0.381 e. The minimum absolute atomic E-state index is 0.0706. The SMILES string of the molecule is CNS(=O)(=O)C1[C@H](C)COC[C@H]1C. The van der Waals surface area contributed by atoms with E-state index in [1.807, 2.05) is 13.8 Å². The first-order valence-corrected chi connectivity index (χ1v) is 6.03. The molecule has 0 aliphatic carbocycles. The second-order valence-electron chi connectivity index (χ2n) is 3.71. The molecule has 0 radical (unpaired) electrons. The molecule has 13 heavy (non-hydrogen) atoms. The molecule has 1 heterocycles. The highest BCUT2D eigenvalue weighted by Crippen LogP contribution is 2.25. The predicted octanol–water partition coefficient (Wildman–Crippen LogP) is 0.207. The molecule has 5 heteroatoms. The van der Waals surface area contributed by atoms with Crippen molar-refractivity contribution in [2.24, 2.45) is 11.8 Å². The highest BCUT2D eigenvalue weighted by atomic mass is 32.2. The molecular weight excluding hydrogens is 190 g/mol. The number of nitrogens with one attached hydrogen (secondary N) is 1. The fraction of sp³-hybridized carbons (Fsp3) is 1.00. The Morgan fingerprint density at radius 1 is 1.23 bits per heavy atom. The Hall–Kier alpha value is -0.130.